The zero-order valence-electron chi connectivity index (χ0n) is 17.0. The molecule has 0 atom stereocenters. The van der Waals surface area contributed by atoms with Gasteiger partial charge in [0.15, 0.2) is 0 Å². The Morgan fingerprint density at radius 2 is 1.72 bits per heavy atom. The van der Waals surface area contributed by atoms with E-state index in [0.717, 1.165) is 21.9 Å². The monoisotopic (exact) mass is 439 g/mol. The van der Waals surface area contributed by atoms with E-state index in [4.69, 9.17) is 21.3 Å². The van der Waals surface area contributed by atoms with Gasteiger partial charge in [-0.25, -0.2) is 9.78 Å². The maximum absolute atomic E-state index is 12.1. The van der Waals surface area contributed by atoms with Crippen LogP contribution in [0.3, 0.4) is 0 Å². The van der Waals surface area contributed by atoms with Crippen LogP contribution < -0.4 is 4.74 Å². The highest BCUT2D eigenvalue weighted by Gasteiger charge is 2.16. The van der Waals surface area contributed by atoms with Crippen LogP contribution in [0.5, 0.6) is 5.75 Å². The first-order chi connectivity index (χ1) is 15.6. The third kappa shape index (κ3) is 3.88. The third-order valence-electron chi connectivity index (χ3n) is 5.38. The molecule has 0 bridgehead atoms. The number of carboxylic acid groups (broad SMARTS) is 1. The van der Waals surface area contributed by atoms with Crippen LogP contribution in [-0.2, 0) is 6.61 Å². The van der Waals surface area contributed by atoms with E-state index >= 15 is 0 Å². The molecule has 0 radical (unpaired) electrons. The van der Waals surface area contributed by atoms with Gasteiger partial charge >= 0.3 is 5.97 Å². The summed E-state index contributed by atoms with van der Waals surface area (Å²) in [6.45, 7) is 0.401. The maximum Gasteiger partial charge on any atom is 0.336 e. The third-order valence-corrected chi connectivity index (χ3v) is 5.63. The number of hydrogen-bond donors (Lipinski definition) is 1. The second kappa shape index (κ2) is 8.33. The quantitative estimate of drug-likeness (QED) is 0.300. The number of halogens is 1. The van der Waals surface area contributed by atoms with Gasteiger partial charge in [0.25, 0.3) is 0 Å². The van der Waals surface area contributed by atoms with Crippen molar-refractivity contribution in [3.63, 3.8) is 0 Å². The molecule has 156 valence electrons. The van der Waals surface area contributed by atoms with Crippen molar-refractivity contribution in [3.05, 3.63) is 107 Å². The number of carbonyl (C=O) groups is 1. The van der Waals surface area contributed by atoms with Crippen molar-refractivity contribution in [2.24, 2.45) is 0 Å². The topological polar surface area (TPSA) is 59.4 Å². The van der Waals surface area contributed by atoms with Crippen molar-refractivity contribution in [2.75, 3.05) is 0 Å². The van der Waals surface area contributed by atoms with E-state index in [2.05, 4.69) is 0 Å². The number of benzene rings is 4. The van der Waals surface area contributed by atoms with E-state index in [1.54, 1.807) is 6.07 Å². The molecule has 1 aromatic heterocycles. The first kappa shape index (κ1) is 20.0. The Hall–Kier alpha value is -3.89. The summed E-state index contributed by atoms with van der Waals surface area (Å²) in [7, 11) is 0. The van der Waals surface area contributed by atoms with E-state index in [1.165, 1.54) is 0 Å². The minimum absolute atomic E-state index is 0.231. The number of ether oxygens (including phenoxy) is 1. The predicted octanol–water partition coefficient (Wildman–Crippen LogP) is 6.99. The van der Waals surface area contributed by atoms with Gasteiger partial charge in [-0.1, -0.05) is 66.2 Å². The van der Waals surface area contributed by atoms with E-state index in [0.29, 0.717) is 34.0 Å². The van der Waals surface area contributed by atoms with Crippen LogP contribution in [0.15, 0.2) is 91.0 Å². The predicted molar refractivity (Wildman–Crippen MR) is 127 cm³/mol. The van der Waals surface area contributed by atoms with Crippen LogP contribution in [0.1, 0.15) is 15.9 Å². The van der Waals surface area contributed by atoms with Crippen LogP contribution >= 0.6 is 11.6 Å². The summed E-state index contributed by atoms with van der Waals surface area (Å²) in [6.07, 6.45) is 0. The number of pyridine rings is 1. The summed E-state index contributed by atoms with van der Waals surface area (Å²) in [6, 6.07) is 28.2. The molecule has 4 aromatic carbocycles. The van der Waals surface area contributed by atoms with Crippen molar-refractivity contribution < 1.29 is 14.6 Å². The Labute approximate surface area is 189 Å². The Morgan fingerprint density at radius 3 is 2.53 bits per heavy atom. The second-order valence-corrected chi connectivity index (χ2v) is 7.92. The zero-order chi connectivity index (χ0) is 22.1. The van der Waals surface area contributed by atoms with Gasteiger partial charge in [-0.05, 0) is 52.7 Å². The fourth-order valence-electron chi connectivity index (χ4n) is 3.82. The average molecular weight is 440 g/mol. The molecule has 32 heavy (non-hydrogen) atoms. The molecule has 0 spiro atoms. The van der Waals surface area contributed by atoms with E-state index in [-0.39, 0.29) is 5.56 Å². The van der Waals surface area contributed by atoms with E-state index in [9.17, 15) is 9.90 Å². The number of rotatable bonds is 5. The van der Waals surface area contributed by atoms with E-state index < -0.39 is 5.97 Å². The summed E-state index contributed by atoms with van der Waals surface area (Å²) in [5.41, 5.74) is 3.25. The highest BCUT2D eigenvalue weighted by Crippen LogP contribution is 2.32. The normalized spacial score (nSPS) is 11.0. The summed E-state index contributed by atoms with van der Waals surface area (Å²) in [5, 5.41) is 13.1. The molecule has 0 saturated carbocycles. The first-order valence-electron chi connectivity index (χ1n) is 10.1. The number of carboxylic acids is 1. The standard InChI is InChI=1S/C27H18ClNO3/c28-20-11-8-17(9-12-20)16-32-21-6-3-5-19(14-21)25-15-23(27(30)31)26-22-7-2-1-4-18(22)10-13-24(26)29-25/h1-15H,16H2,(H,30,31). The van der Waals surface area contributed by atoms with Gasteiger partial charge in [-0.2, -0.15) is 0 Å². The molecule has 5 heteroatoms. The maximum atomic E-state index is 12.1. The molecule has 0 aliphatic heterocycles. The molecule has 0 aliphatic carbocycles. The minimum Gasteiger partial charge on any atom is -0.489 e. The first-order valence-corrected chi connectivity index (χ1v) is 10.5. The lowest BCUT2D eigenvalue weighted by molar-refractivity contribution is 0.0699. The van der Waals surface area contributed by atoms with Crippen molar-refractivity contribution in [3.8, 4) is 17.0 Å². The highest BCUT2D eigenvalue weighted by atomic mass is 35.5. The number of fused-ring (bicyclic) bond motifs is 3. The van der Waals surface area contributed by atoms with Gasteiger partial charge in [0.05, 0.1) is 16.8 Å². The zero-order valence-corrected chi connectivity index (χ0v) is 17.7. The van der Waals surface area contributed by atoms with Crippen LogP contribution in [-0.4, -0.2) is 16.1 Å². The van der Waals surface area contributed by atoms with Gasteiger partial charge in [-0.15, -0.1) is 0 Å². The number of hydrogen-bond acceptors (Lipinski definition) is 3. The number of nitrogens with zero attached hydrogens (tertiary/aromatic N) is 1. The van der Waals surface area contributed by atoms with Gasteiger partial charge in [0, 0.05) is 16.0 Å². The molecule has 0 fully saturated rings. The largest absolute Gasteiger partial charge is 0.489 e. The molecule has 5 aromatic rings. The summed E-state index contributed by atoms with van der Waals surface area (Å²) in [4.78, 5) is 16.9. The molecule has 5 rings (SSSR count). The fraction of sp³-hybridized carbons (Fsp3) is 0.0370. The van der Waals surface area contributed by atoms with Crippen molar-refractivity contribution >= 4 is 39.2 Å². The van der Waals surface area contributed by atoms with E-state index in [1.807, 2.05) is 84.9 Å². The van der Waals surface area contributed by atoms with Gasteiger partial charge in [0.2, 0.25) is 0 Å². The fourth-order valence-corrected chi connectivity index (χ4v) is 3.94. The molecule has 4 nitrogen and oxygen atoms in total. The van der Waals surface area contributed by atoms with Crippen molar-refractivity contribution in [1.82, 2.24) is 4.98 Å². The van der Waals surface area contributed by atoms with Gasteiger partial charge in [0.1, 0.15) is 12.4 Å². The molecule has 0 saturated heterocycles. The SMILES string of the molecule is O=C(O)c1cc(-c2cccc(OCc3ccc(Cl)cc3)c2)nc2ccc3ccccc3c12. The summed E-state index contributed by atoms with van der Waals surface area (Å²) < 4.78 is 5.93. The Balaban J connectivity index is 1.54. The molecular weight excluding hydrogens is 422 g/mol. The van der Waals surface area contributed by atoms with Gasteiger partial charge < -0.3 is 9.84 Å². The molecule has 0 aliphatic rings. The molecule has 0 unspecified atom stereocenters. The van der Waals surface area contributed by atoms with Crippen molar-refractivity contribution in [1.29, 1.82) is 0 Å². The minimum atomic E-state index is -0.981. The molecular formula is C27H18ClNO3. The lowest BCUT2D eigenvalue weighted by atomic mass is 9.98. The Kier molecular flexibility index (Phi) is 5.21. The van der Waals surface area contributed by atoms with Crippen molar-refractivity contribution in [2.45, 2.75) is 6.61 Å². The Bertz CT molecular complexity index is 1460. The number of aromatic nitrogens is 1. The van der Waals surface area contributed by atoms with Crippen LogP contribution in [0.4, 0.5) is 0 Å². The Morgan fingerprint density at radius 1 is 0.906 bits per heavy atom. The lowest BCUT2D eigenvalue weighted by Crippen LogP contribution is -2.01. The average Bonchev–Trinajstić information content (AvgIpc) is 2.83. The molecule has 0 amide bonds. The lowest BCUT2D eigenvalue weighted by Gasteiger charge is -2.11. The second-order valence-electron chi connectivity index (χ2n) is 7.48. The van der Waals surface area contributed by atoms with Crippen LogP contribution in [0.25, 0.3) is 32.9 Å². The van der Waals surface area contributed by atoms with Crippen LogP contribution in [0, 0.1) is 0 Å². The van der Waals surface area contributed by atoms with Crippen LogP contribution in [0.2, 0.25) is 5.02 Å². The summed E-state index contributed by atoms with van der Waals surface area (Å²) in [5.74, 6) is -0.306. The number of aromatic carboxylic acids is 1. The smallest absolute Gasteiger partial charge is 0.336 e. The van der Waals surface area contributed by atoms with Gasteiger partial charge in [-0.3, -0.25) is 0 Å². The molecule has 1 heterocycles. The molecule has 1 N–H and O–H groups in total. The summed E-state index contributed by atoms with van der Waals surface area (Å²) >= 11 is 5.94. The highest BCUT2D eigenvalue weighted by molar-refractivity contribution is 6.30.